The molecule has 128 valence electrons. The number of aromatic nitrogens is 1. The number of hydrogen-bond acceptors (Lipinski definition) is 5. The van der Waals surface area contributed by atoms with E-state index in [1.807, 2.05) is 0 Å². The molecule has 5 nitrogen and oxygen atoms in total. The number of esters is 1. The zero-order valence-corrected chi connectivity index (χ0v) is 12.9. The summed E-state index contributed by atoms with van der Waals surface area (Å²) in [5.41, 5.74) is -0.707. The van der Waals surface area contributed by atoms with Crippen molar-refractivity contribution in [2.75, 3.05) is 7.11 Å². The van der Waals surface area contributed by atoms with Crippen LogP contribution in [0.25, 0.3) is 0 Å². The maximum absolute atomic E-state index is 12.5. The van der Waals surface area contributed by atoms with E-state index in [0.29, 0.717) is 6.20 Å². The fourth-order valence-corrected chi connectivity index (χ4v) is 2.06. The minimum Gasteiger partial charge on any atom is -0.465 e. The third-order valence-electron chi connectivity index (χ3n) is 3.39. The highest BCUT2D eigenvalue weighted by Gasteiger charge is 2.31. The van der Waals surface area contributed by atoms with Gasteiger partial charge in [-0.05, 0) is 24.3 Å². The van der Waals surface area contributed by atoms with Crippen LogP contribution < -0.4 is 0 Å². The van der Waals surface area contributed by atoms with Crippen molar-refractivity contribution in [3.63, 3.8) is 0 Å². The monoisotopic (exact) mass is 348 g/mol. The maximum Gasteiger partial charge on any atom is 0.417 e. The molecule has 0 saturated carbocycles. The average molecular weight is 348 g/mol. The fraction of sp³-hybridized carbons (Fsp3) is 0.176. The second-order valence-corrected chi connectivity index (χ2v) is 4.96. The number of hydrogen-bond donors (Lipinski definition) is 0. The number of Topliss-reactive ketones (excluding diaryl/α,β-unsaturated/α-hetero) is 1. The van der Waals surface area contributed by atoms with Crippen LogP contribution in [0, 0.1) is 11.3 Å². The number of carbonyl (C=O) groups is 2. The van der Waals surface area contributed by atoms with Crippen LogP contribution in [0.5, 0.6) is 0 Å². The second-order valence-electron chi connectivity index (χ2n) is 4.96. The van der Waals surface area contributed by atoms with Gasteiger partial charge in [-0.25, -0.2) is 4.79 Å². The first-order valence-electron chi connectivity index (χ1n) is 6.93. The molecule has 1 heterocycles. The Morgan fingerprint density at radius 1 is 1.12 bits per heavy atom. The van der Waals surface area contributed by atoms with Gasteiger partial charge in [-0.15, -0.1) is 0 Å². The molecule has 0 N–H and O–H groups in total. The molecule has 0 radical (unpaired) electrons. The summed E-state index contributed by atoms with van der Waals surface area (Å²) in [6.07, 6.45) is -3.98. The van der Waals surface area contributed by atoms with Gasteiger partial charge >= 0.3 is 12.1 Å². The molecule has 8 heteroatoms. The highest BCUT2D eigenvalue weighted by atomic mass is 19.4. The van der Waals surface area contributed by atoms with E-state index in [4.69, 9.17) is 0 Å². The van der Waals surface area contributed by atoms with Crippen LogP contribution in [-0.4, -0.2) is 23.8 Å². The van der Waals surface area contributed by atoms with E-state index in [1.54, 1.807) is 6.07 Å². The first kappa shape index (κ1) is 18.1. The SMILES string of the molecule is COC(=O)c1ccc(C(=O)C(C#N)c2ccc(C(F)(F)F)cn2)cc1. The Bertz CT molecular complexity index is 822. The molecular formula is C17H11F3N2O3. The Hall–Kier alpha value is -3.21. The van der Waals surface area contributed by atoms with Gasteiger partial charge in [0.1, 0.15) is 0 Å². The number of nitrogens with zero attached hydrogens (tertiary/aromatic N) is 2. The third-order valence-corrected chi connectivity index (χ3v) is 3.39. The van der Waals surface area contributed by atoms with Gasteiger partial charge < -0.3 is 4.74 Å². The molecule has 0 aliphatic heterocycles. The van der Waals surface area contributed by atoms with E-state index in [0.717, 1.165) is 12.1 Å². The van der Waals surface area contributed by atoms with Gasteiger partial charge in [-0.3, -0.25) is 9.78 Å². The number of methoxy groups -OCH3 is 1. The smallest absolute Gasteiger partial charge is 0.417 e. The van der Waals surface area contributed by atoms with Crippen molar-refractivity contribution in [1.29, 1.82) is 5.26 Å². The lowest BCUT2D eigenvalue weighted by Gasteiger charge is -2.10. The standard InChI is InChI=1S/C17H11F3N2O3/c1-25-16(24)11-4-2-10(3-5-11)15(23)13(8-21)14-7-6-12(9-22-14)17(18,19)20/h2-7,9,13H,1H3. The van der Waals surface area contributed by atoms with Gasteiger partial charge in [0.2, 0.25) is 0 Å². The molecule has 1 atom stereocenters. The van der Waals surface area contributed by atoms with E-state index >= 15 is 0 Å². The molecule has 0 aliphatic rings. The van der Waals surface area contributed by atoms with Crippen LogP contribution in [0.2, 0.25) is 0 Å². The third kappa shape index (κ3) is 4.01. The Balaban J connectivity index is 2.27. The van der Waals surface area contributed by atoms with Crippen LogP contribution >= 0.6 is 0 Å². The summed E-state index contributed by atoms with van der Waals surface area (Å²) in [6.45, 7) is 0. The number of halogens is 3. The summed E-state index contributed by atoms with van der Waals surface area (Å²) in [5.74, 6) is -2.57. The minimum absolute atomic E-state index is 0.0856. The number of ether oxygens (including phenoxy) is 1. The number of ketones is 1. The lowest BCUT2D eigenvalue weighted by atomic mass is 9.94. The molecule has 1 aromatic carbocycles. The van der Waals surface area contributed by atoms with Gasteiger partial charge in [0.25, 0.3) is 0 Å². The molecule has 1 aromatic heterocycles. The number of pyridine rings is 1. The van der Waals surface area contributed by atoms with Gasteiger partial charge in [-0.1, -0.05) is 12.1 Å². The molecule has 0 amide bonds. The van der Waals surface area contributed by atoms with Crippen molar-refractivity contribution in [2.24, 2.45) is 0 Å². The van der Waals surface area contributed by atoms with Crippen LogP contribution in [0.4, 0.5) is 13.2 Å². The van der Waals surface area contributed by atoms with Gasteiger partial charge in [0.15, 0.2) is 11.7 Å². The predicted molar refractivity (Wildman–Crippen MR) is 79.7 cm³/mol. The van der Waals surface area contributed by atoms with Gasteiger partial charge in [0, 0.05) is 11.8 Å². The van der Waals surface area contributed by atoms with E-state index in [9.17, 15) is 28.0 Å². The molecule has 2 aromatic rings. The normalized spacial score (nSPS) is 12.1. The molecule has 0 spiro atoms. The number of nitriles is 1. The largest absolute Gasteiger partial charge is 0.465 e. The zero-order valence-electron chi connectivity index (χ0n) is 12.9. The second kappa shape index (κ2) is 7.13. The predicted octanol–water partition coefficient (Wildman–Crippen LogP) is 3.38. The van der Waals surface area contributed by atoms with Crippen molar-refractivity contribution in [3.05, 3.63) is 65.0 Å². The summed E-state index contributed by atoms with van der Waals surface area (Å²) in [4.78, 5) is 27.4. The van der Waals surface area contributed by atoms with Crippen molar-refractivity contribution >= 4 is 11.8 Å². The maximum atomic E-state index is 12.5. The highest BCUT2D eigenvalue weighted by Crippen LogP contribution is 2.29. The van der Waals surface area contributed by atoms with Gasteiger partial charge in [-0.2, -0.15) is 18.4 Å². The first-order valence-corrected chi connectivity index (χ1v) is 6.93. The van der Waals surface area contributed by atoms with E-state index in [-0.39, 0.29) is 16.8 Å². The van der Waals surface area contributed by atoms with E-state index in [2.05, 4.69) is 9.72 Å². The summed E-state index contributed by atoms with van der Waals surface area (Å²) in [5, 5.41) is 9.21. The molecular weight excluding hydrogens is 337 g/mol. The highest BCUT2D eigenvalue weighted by molar-refractivity contribution is 6.03. The summed E-state index contributed by atoms with van der Waals surface area (Å²) in [7, 11) is 1.21. The Kier molecular flexibility index (Phi) is 5.17. The van der Waals surface area contributed by atoms with Crippen LogP contribution in [0.3, 0.4) is 0 Å². The summed E-state index contributed by atoms with van der Waals surface area (Å²) in [6, 6.07) is 8.88. The molecule has 0 fully saturated rings. The lowest BCUT2D eigenvalue weighted by molar-refractivity contribution is -0.137. The quantitative estimate of drug-likeness (QED) is 0.625. The summed E-state index contributed by atoms with van der Waals surface area (Å²) >= 11 is 0. The van der Waals surface area contributed by atoms with Crippen LogP contribution in [0.1, 0.15) is 37.9 Å². The van der Waals surface area contributed by atoms with Crippen molar-refractivity contribution < 1.29 is 27.5 Å². The number of carbonyl (C=O) groups excluding carboxylic acids is 2. The van der Waals surface area contributed by atoms with E-state index in [1.165, 1.54) is 31.4 Å². The molecule has 0 bridgehead atoms. The van der Waals surface area contributed by atoms with Crippen LogP contribution in [0.15, 0.2) is 42.6 Å². The number of rotatable bonds is 4. The van der Waals surface area contributed by atoms with Crippen LogP contribution in [-0.2, 0) is 10.9 Å². The lowest BCUT2D eigenvalue weighted by Crippen LogP contribution is -2.14. The minimum atomic E-state index is -4.55. The fourth-order valence-electron chi connectivity index (χ4n) is 2.06. The topological polar surface area (TPSA) is 80.0 Å². The average Bonchev–Trinajstić information content (AvgIpc) is 2.61. The summed E-state index contributed by atoms with van der Waals surface area (Å²) < 4.78 is 42.2. The Labute approximate surface area is 140 Å². The Morgan fingerprint density at radius 3 is 2.16 bits per heavy atom. The van der Waals surface area contributed by atoms with Crippen molar-refractivity contribution in [1.82, 2.24) is 4.98 Å². The molecule has 25 heavy (non-hydrogen) atoms. The molecule has 0 saturated heterocycles. The zero-order chi connectivity index (χ0) is 18.6. The number of benzene rings is 1. The molecule has 0 aliphatic carbocycles. The van der Waals surface area contributed by atoms with E-state index < -0.39 is 29.4 Å². The number of alkyl halides is 3. The van der Waals surface area contributed by atoms with Gasteiger partial charge in [0.05, 0.1) is 30.0 Å². The first-order chi connectivity index (χ1) is 11.8. The molecule has 2 rings (SSSR count). The Morgan fingerprint density at radius 2 is 1.72 bits per heavy atom. The van der Waals surface area contributed by atoms with Crippen molar-refractivity contribution in [2.45, 2.75) is 12.1 Å². The molecule has 1 unspecified atom stereocenters. The van der Waals surface area contributed by atoms with Crippen molar-refractivity contribution in [3.8, 4) is 6.07 Å².